The molecule has 0 aliphatic carbocycles. The van der Waals surface area contributed by atoms with Gasteiger partial charge >= 0.3 is 0 Å². The molecule has 1 saturated heterocycles. The van der Waals surface area contributed by atoms with Gasteiger partial charge in [-0.25, -0.2) is 26.5 Å². The van der Waals surface area contributed by atoms with Gasteiger partial charge in [-0.3, -0.25) is 0 Å². The lowest BCUT2D eigenvalue weighted by Crippen LogP contribution is -2.46. The van der Waals surface area contributed by atoms with Crippen LogP contribution in [0.3, 0.4) is 0 Å². The number of hydrogen-bond acceptors (Lipinski definition) is 5. The van der Waals surface area contributed by atoms with Gasteiger partial charge in [0.2, 0.25) is 20.0 Å². The van der Waals surface area contributed by atoms with E-state index in [-0.39, 0.29) is 29.2 Å². The Kier molecular flexibility index (Phi) is 4.89. The van der Waals surface area contributed by atoms with Crippen molar-refractivity contribution in [3.8, 4) is 0 Å². The van der Waals surface area contributed by atoms with Crippen molar-refractivity contribution in [2.45, 2.75) is 23.8 Å². The van der Waals surface area contributed by atoms with Crippen molar-refractivity contribution in [3.63, 3.8) is 0 Å². The Morgan fingerprint density at radius 1 is 1.29 bits per heavy atom. The minimum absolute atomic E-state index is 0.0267. The van der Waals surface area contributed by atoms with E-state index in [1.807, 2.05) is 0 Å². The highest BCUT2D eigenvalue weighted by Crippen LogP contribution is 2.25. The van der Waals surface area contributed by atoms with Crippen LogP contribution in [0.1, 0.15) is 12.8 Å². The summed E-state index contributed by atoms with van der Waals surface area (Å²) < 4.78 is 51.1. The predicted octanol–water partition coefficient (Wildman–Crippen LogP) is 0.437. The van der Waals surface area contributed by atoms with Crippen molar-refractivity contribution in [2.75, 3.05) is 19.3 Å². The van der Waals surface area contributed by atoms with Crippen LogP contribution in [0.15, 0.2) is 23.2 Å². The molecule has 10 heteroatoms. The monoisotopic (exact) mass is 353 g/mol. The van der Waals surface area contributed by atoms with E-state index in [9.17, 15) is 16.8 Å². The number of piperidine rings is 1. The number of nitrogens with zero attached hydrogens (tertiary/aromatic N) is 2. The molecule has 0 spiro atoms. The molecule has 0 saturated carbocycles. The van der Waals surface area contributed by atoms with Crippen LogP contribution in [0.4, 0.5) is 0 Å². The molecule has 2 heterocycles. The van der Waals surface area contributed by atoms with Gasteiger partial charge in [0.25, 0.3) is 0 Å². The fourth-order valence-electron chi connectivity index (χ4n) is 2.22. The number of nitrogens with one attached hydrogen (secondary N) is 1. The molecule has 0 aromatic carbocycles. The maximum absolute atomic E-state index is 12.5. The molecule has 21 heavy (non-hydrogen) atoms. The number of halogens is 1. The Morgan fingerprint density at radius 3 is 2.43 bits per heavy atom. The molecule has 2 rings (SSSR count). The molecule has 1 aromatic heterocycles. The highest BCUT2D eigenvalue weighted by molar-refractivity contribution is 7.89. The summed E-state index contributed by atoms with van der Waals surface area (Å²) in [6.45, 7) is 0.474. The molecule has 0 atom stereocenters. The van der Waals surface area contributed by atoms with Gasteiger partial charge in [-0.2, -0.15) is 4.31 Å². The molecule has 0 amide bonds. The molecule has 1 aromatic rings. The van der Waals surface area contributed by atoms with Gasteiger partial charge in [-0.05, 0) is 25.0 Å². The van der Waals surface area contributed by atoms with Gasteiger partial charge in [0, 0.05) is 25.3 Å². The zero-order chi connectivity index (χ0) is 15.7. The first-order chi connectivity index (χ1) is 9.70. The average molecular weight is 354 g/mol. The zero-order valence-electron chi connectivity index (χ0n) is 11.4. The zero-order valence-corrected chi connectivity index (χ0v) is 13.7. The van der Waals surface area contributed by atoms with Crippen LogP contribution in [-0.4, -0.2) is 51.5 Å². The van der Waals surface area contributed by atoms with Crippen molar-refractivity contribution in [1.82, 2.24) is 14.0 Å². The first kappa shape index (κ1) is 16.6. The molecule has 1 N–H and O–H groups in total. The summed E-state index contributed by atoms with van der Waals surface area (Å²) in [5.74, 6) is 0. The van der Waals surface area contributed by atoms with Gasteiger partial charge in [-0.1, -0.05) is 11.6 Å². The molecule has 118 valence electrons. The summed E-state index contributed by atoms with van der Waals surface area (Å²) in [7, 11) is -6.98. The summed E-state index contributed by atoms with van der Waals surface area (Å²) in [6, 6.07) is 2.68. The van der Waals surface area contributed by atoms with E-state index in [4.69, 9.17) is 11.6 Å². The molecule has 1 aliphatic heterocycles. The van der Waals surface area contributed by atoms with Gasteiger partial charge in [-0.15, -0.1) is 0 Å². The van der Waals surface area contributed by atoms with Crippen molar-refractivity contribution in [2.24, 2.45) is 0 Å². The first-order valence-electron chi connectivity index (χ1n) is 6.28. The van der Waals surface area contributed by atoms with Crippen LogP contribution in [0, 0.1) is 0 Å². The van der Waals surface area contributed by atoms with E-state index >= 15 is 0 Å². The smallest absolute Gasteiger partial charge is 0.243 e. The van der Waals surface area contributed by atoms with Crippen LogP contribution >= 0.6 is 11.6 Å². The highest BCUT2D eigenvalue weighted by Gasteiger charge is 2.31. The van der Waals surface area contributed by atoms with Crippen molar-refractivity contribution in [1.29, 1.82) is 0 Å². The summed E-state index contributed by atoms with van der Waals surface area (Å²) >= 11 is 5.84. The van der Waals surface area contributed by atoms with Crippen LogP contribution in [-0.2, 0) is 20.0 Å². The summed E-state index contributed by atoms with van der Waals surface area (Å²) in [6.07, 6.45) is 3.35. The fourth-order valence-corrected chi connectivity index (χ4v) is 4.96. The SMILES string of the molecule is CS(=O)(=O)NC1CCN(S(=O)(=O)c2cccnc2Cl)CC1. The van der Waals surface area contributed by atoms with Crippen molar-refractivity contribution >= 4 is 31.6 Å². The largest absolute Gasteiger partial charge is 0.246 e. The highest BCUT2D eigenvalue weighted by atomic mass is 35.5. The van der Waals surface area contributed by atoms with E-state index in [0.717, 1.165) is 6.26 Å². The average Bonchev–Trinajstić information content (AvgIpc) is 2.37. The third-order valence-corrected chi connectivity index (χ3v) is 6.28. The Morgan fingerprint density at radius 2 is 1.90 bits per heavy atom. The Bertz CT molecular complexity index is 713. The second kappa shape index (κ2) is 6.17. The Hall–Kier alpha value is -0.740. The van der Waals surface area contributed by atoms with E-state index in [2.05, 4.69) is 9.71 Å². The molecule has 1 aliphatic rings. The van der Waals surface area contributed by atoms with Crippen LogP contribution < -0.4 is 4.72 Å². The van der Waals surface area contributed by atoms with E-state index < -0.39 is 20.0 Å². The van der Waals surface area contributed by atoms with E-state index in [0.29, 0.717) is 12.8 Å². The fraction of sp³-hybridized carbons (Fsp3) is 0.545. The summed E-state index contributed by atoms with van der Waals surface area (Å²) in [5, 5.41) is -0.0612. The van der Waals surface area contributed by atoms with Crippen LogP contribution in [0.2, 0.25) is 5.15 Å². The van der Waals surface area contributed by atoms with Gasteiger partial charge in [0.05, 0.1) is 6.26 Å². The maximum atomic E-state index is 12.5. The first-order valence-corrected chi connectivity index (χ1v) is 9.99. The Balaban J connectivity index is 2.10. The standard InChI is InChI=1S/C11H16ClN3O4S2/c1-20(16,17)14-9-4-7-15(8-5-9)21(18,19)10-3-2-6-13-11(10)12/h2-3,6,9,14H,4-5,7-8H2,1H3. The van der Waals surface area contributed by atoms with Crippen molar-refractivity contribution in [3.05, 3.63) is 23.5 Å². The summed E-state index contributed by atoms with van der Waals surface area (Å²) in [5.41, 5.74) is 0. The number of sulfonamides is 2. The number of aromatic nitrogens is 1. The van der Waals surface area contributed by atoms with E-state index in [1.165, 1.54) is 22.6 Å². The molecular weight excluding hydrogens is 338 g/mol. The second-order valence-electron chi connectivity index (χ2n) is 4.86. The topological polar surface area (TPSA) is 96.4 Å². The predicted molar refractivity (Wildman–Crippen MR) is 79.0 cm³/mol. The lowest BCUT2D eigenvalue weighted by atomic mass is 10.1. The normalized spacial score (nSPS) is 18.8. The number of rotatable bonds is 4. The number of hydrogen-bond donors (Lipinski definition) is 1. The molecule has 0 bridgehead atoms. The van der Waals surface area contributed by atoms with E-state index in [1.54, 1.807) is 0 Å². The number of pyridine rings is 1. The lowest BCUT2D eigenvalue weighted by Gasteiger charge is -2.31. The minimum Gasteiger partial charge on any atom is -0.243 e. The molecular formula is C11H16ClN3O4S2. The van der Waals surface area contributed by atoms with Gasteiger partial charge in [0.15, 0.2) is 0 Å². The molecule has 0 radical (unpaired) electrons. The minimum atomic E-state index is -3.70. The molecule has 1 fully saturated rings. The Labute approximate surface area is 129 Å². The lowest BCUT2D eigenvalue weighted by molar-refractivity contribution is 0.308. The quantitative estimate of drug-likeness (QED) is 0.792. The summed E-state index contributed by atoms with van der Waals surface area (Å²) in [4.78, 5) is 3.74. The van der Waals surface area contributed by atoms with Gasteiger partial charge < -0.3 is 0 Å². The van der Waals surface area contributed by atoms with Crippen molar-refractivity contribution < 1.29 is 16.8 Å². The van der Waals surface area contributed by atoms with Crippen LogP contribution in [0.25, 0.3) is 0 Å². The van der Waals surface area contributed by atoms with Gasteiger partial charge in [0.1, 0.15) is 10.0 Å². The third-order valence-electron chi connectivity index (χ3n) is 3.18. The van der Waals surface area contributed by atoms with Crippen LogP contribution in [0.5, 0.6) is 0 Å². The third kappa shape index (κ3) is 4.13. The maximum Gasteiger partial charge on any atom is 0.246 e. The molecule has 0 unspecified atom stereocenters. The second-order valence-corrected chi connectivity index (χ2v) is 8.91. The molecule has 7 nitrogen and oxygen atoms in total.